The molecule has 0 saturated carbocycles. The van der Waals surface area contributed by atoms with Crippen molar-refractivity contribution in [3.63, 3.8) is 0 Å². The van der Waals surface area contributed by atoms with Gasteiger partial charge in [-0.2, -0.15) is 18.4 Å². The van der Waals surface area contributed by atoms with Gasteiger partial charge in [-0.15, -0.1) is 0 Å². The van der Waals surface area contributed by atoms with Crippen LogP contribution in [0.3, 0.4) is 0 Å². The number of aromatic nitrogens is 1. The lowest BCUT2D eigenvalue weighted by molar-refractivity contribution is -0.137. The summed E-state index contributed by atoms with van der Waals surface area (Å²) in [6.45, 7) is 1.55. The number of nitriles is 1. The normalized spacial score (nSPS) is 13.0. The van der Waals surface area contributed by atoms with Crippen LogP contribution in [0, 0.1) is 11.3 Å². The van der Waals surface area contributed by atoms with Gasteiger partial charge in [0.2, 0.25) is 5.88 Å². The first-order valence-electron chi connectivity index (χ1n) is 9.34. The molecule has 5 nitrogen and oxygen atoms in total. The number of halogens is 4. The number of carbonyl (C=O) groups is 1. The van der Waals surface area contributed by atoms with Crippen LogP contribution >= 0.6 is 11.6 Å². The van der Waals surface area contributed by atoms with Crippen LogP contribution in [0.4, 0.5) is 13.2 Å². The molecular weight excluding hydrogens is 445 g/mol. The molecule has 0 saturated heterocycles. The molecule has 3 rings (SSSR count). The van der Waals surface area contributed by atoms with E-state index in [0.717, 1.165) is 6.07 Å². The zero-order valence-corrected chi connectivity index (χ0v) is 17.4. The topological polar surface area (TPSA) is 72.2 Å². The minimum atomic E-state index is -4.56. The Morgan fingerprint density at radius 2 is 1.72 bits per heavy atom. The van der Waals surface area contributed by atoms with Crippen molar-refractivity contribution in [1.82, 2.24) is 4.98 Å². The van der Waals surface area contributed by atoms with Crippen molar-refractivity contribution in [1.29, 1.82) is 5.26 Å². The maximum absolute atomic E-state index is 12.7. The van der Waals surface area contributed by atoms with Gasteiger partial charge >= 0.3 is 6.18 Å². The van der Waals surface area contributed by atoms with Crippen molar-refractivity contribution in [3.05, 3.63) is 83.0 Å². The van der Waals surface area contributed by atoms with E-state index < -0.39 is 23.8 Å². The van der Waals surface area contributed by atoms with E-state index in [-0.39, 0.29) is 22.4 Å². The van der Waals surface area contributed by atoms with Crippen molar-refractivity contribution < 1.29 is 27.4 Å². The molecule has 0 bridgehead atoms. The number of pyridine rings is 1. The van der Waals surface area contributed by atoms with Crippen molar-refractivity contribution >= 4 is 17.4 Å². The first kappa shape index (κ1) is 23.1. The molecule has 0 aliphatic heterocycles. The third-order valence-corrected chi connectivity index (χ3v) is 4.70. The van der Waals surface area contributed by atoms with Crippen molar-refractivity contribution in [2.24, 2.45) is 0 Å². The fraction of sp³-hybridized carbons (Fsp3) is 0.174. The average molecular weight is 461 g/mol. The fourth-order valence-electron chi connectivity index (χ4n) is 2.80. The van der Waals surface area contributed by atoms with E-state index in [2.05, 4.69) is 4.98 Å². The van der Waals surface area contributed by atoms with Crippen molar-refractivity contribution in [2.75, 3.05) is 0 Å². The Morgan fingerprint density at radius 1 is 1.09 bits per heavy atom. The molecule has 0 spiro atoms. The Labute approximate surface area is 187 Å². The first-order chi connectivity index (χ1) is 15.2. The Hall–Kier alpha value is -3.57. The second-order valence-corrected chi connectivity index (χ2v) is 7.12. The highest BCUT2D eigenvalue weighted by Gasteiger charge is 2.32. The van der Waals surface area contributed by atoms with Crippen LogP contribution in [-0.2, 0) is 11.0 Å². The van der Waals surface area contributed by atoms with E-state index in [4.69, 9.17) is 21.1 Å². The Balaban J connectivity index is 1.66. The fourth-order valence-corrected chi connectivity index (χ4v) is 3.00. The summed E-state index contributed by atoms with van der Waals surface area (Å²) in [5.74, 6) is -0.933. The van der Waals surface area contributed by atoms with Gasteiger partial charge in [-0.05, 0) is 42.8 Å². The molecule has 0 radical (unpaired) electrons. The molecule has 164 valence electrons. The largest absolute Gasteiger partial charge is 0.483 e. The van der Waals surface area contributed by atoms with E-state index in [1.165, 1.54) is 24.3 Å². The number of alkyl halides is 3. The molecule has 0 fully saturated rings. The predicted octanol–water partition coefficient (Wildman–Crippen LogP) is 6.19. The van der Waals surface area contributed by atoms with Gasteiger partial charge in [0.05, 0.1) is 11.6 Å². The smallest absolute Gasteiger partial charge is 0.417 e. The highest BCUT2D eigenvalue weighted by molar-refractivity contribution is 6.31. The van der Waals surface area contributed by atoms with Crippen LogP contribution in [0.25, 0.3) is 0 Å². The molecule has 2 atom stereocenters. The Morgan fingerprint density at radius 3 is 2.28 bits per heavy atom. The van der Waals surface area contributed by atoms with Gasteiger partial charge in [-0.1, -0.05) is 41.9 Å². The number of carbonyl (C=O) groups excluding carboxylic acids is 1. The van der Waals surface area contributed by atoms with Gasteiger partial charge in [0, 0.05) is 6.20 Å². The van der Waals surface area contributed by atoms with Crippen LogP contribution in [0.15, 0.2) is 66.9 Å². The lowest BCUT2D eigenvalue weighted by atomic mass is 9.93. The van der Waals surface area contributed by atoms with E-state index in [9.17, 15) is 23.2 Å². The third-order valence-electron chi connectivity index (χ3n) is 4.43. The summed E-state index contributed by atoms with van der Waals surface area (Å²) in [6, 6.07) is 17.4. The molecule has 2 aromatic carbocycles. The summed E-state index contributed by atoms with van der Waals surface area (Å²) in [7, 11) is 0. The van der Waals surface area contributed by atoms with Gasteiger partial charge < -0.3 is 9.47 Å². The minimum Gasteiger partial charge on any atom is -0.483 e. The summed E-state index contributed by atoms with van der Waals surface area (Å²) in [4.78, 5) is 16.3. The van der Waals surface area contributed by atoms with E-state index in [1.807, 2.05) is 6.07 Å². The van der Waals surface area contributed by atoms with Crippen LogP contribution < -0.4 is 9.47 Å². The molecule has 2 unspecified atom stereocenters. The SMILES string of the molecule is CC(Oc1ccc(Oc2ncc(C(F)(F)F)cc2Cl)cc1)C(=O)C(C#N)c1ccccc1. The molecule has 0 amide bonds. The average Bonchev–Trinajstić information content (AvgIpc) is 2.77. The Bertz CT molecular complexity index is 1130. The van der Waals surface area contributed by atoms with Gasteiger partial charge in [0.15, 0.2) is 11.9 Å². The number of hydrogen-bond donors (Lipinski definition) is 0. The van der Waals surface area contributed by atoms with E-state index in [1.54, 1.807) is 37.3 Å². The molecule has 9 heteroatoms. The molecule has 3 aromatic rings. The highest BCUT2D eigenvalue weighted by Crippen LogP contribution is 2.35. The molecule has 0 aliphatic carbocycles. The van der Waals surface area contributed by atoms with Gasteiger partial charge in [-0.3, -0.25) is 4.79 Å². The van der Waals surface area contributed by atoms with Crippen LogP contribution in [0.2, 0.25) is 5.02 Å². The zero-order valence-electron chi connectivity index (χ0n) is 16.6. The van der Waals surface area contributed by atoms with E-state index >= 15 is 0 Å². The Kier molecular flexibility index (Phi) is 7.01. The lowest BCUT2D eigenvalue weighted by Gasteiger charge is -2.17. The van der Waals surface area contributed by atoms with E-state index in [0.29, 0.717) is 17.5 Å². The highest BCUT2D eigenvalue weighted by atomic mass is 35.5. The third kappa shape index (κ3) is 5.56. The monoisotopic (exact) mass is 460 g/mol. The number of Topliss-reactive ketones (excluding diaryl/α,β-unsaturated/α-hetero) is 1. The van der Waals surface area contributed by atoms with Crippen LogP contribution in [0.1, 0.15) is 24.0 Å². The number of rotatable bonds is 7. The number of hydrogen-bond acceptors (Lipinski definition) is 5. The molecule has 1 heterocycles. The van der Waals surface area contributed by atoms with Gasteiger partial charge in [-0.25, -0.2) is 4.98 Å². The first-order valence-corrected chi connectivity index (χ1v) is 9.72. The quantitative estimate of drug-likeness (QED) is 0.420. The lowest BCUT2D eigenvalue weighted by Crippen LogP contribution is -2.28. The van der Waals surface area contributed by atoms with Gasteiger partial charge in [0.1, 0.15) is 22.4 Å². The molecule has 1 aromatic heterocycles. The summed E-state index contributed by atoms with van der Waals surface area (Å²) in [6.07, 6.45) is -4.82. The summed E-state index contributed by atoms with van der Waals surface area (Å²) < 4.78 is 49.2. The minimum absolute atomic E-state index is 0.184. The van der Waals surface area contributed by atoms with Crippen LogP contribution in [0.5, 0.6) is 17.4 Å². The standard InChI is InChI=1S/C23H16ClF3N2O3/c1-14(21(30)19(12-28)15-5-3-2-4-6-15)31-17-7-9-18(10-8-17)32-22-20(24)11-16(13-29-22)23(25,26)27/h2-11,13-14,19H,1H3. The van der Waals surface area contributed by atoms with Gasteiger partial charge in [0.25, 0.3) is 0 Å². The molecule has 0 aliphatic rings. The number of nitrogens with zero attached hydrogens (tertiary/aromatic N) is 2. The molecular formula is C23H16ClF3N2O3. The van der Waals surface area contributed by atoms with Crippen molar-refractivity contribution in [3.8, 4) is 23.4 Å². The number of ketones is 1. The molecule has 32 heavy (non-hydrogen) atoms. The summed E-state index contributed by atoms with van der Waals surface area (Å²) in [5, 5.41) is 9.11. The zero-order chi connectivity index (χ0) is 23.3. The van der Waals surface area contributed by atoms with Crippen LogP contribution in [-0.4, -0.2) is 16.9 Å². The number of ether oxygens (including phenoxy) is 2. The maximum Gasteiger partial charge on any atom is 0.417 e. The van der Waals surface area contributed by atoms with Crippen molar-refractivity contribution in [2.45, 2.75) is 25.1 Å². The predicted molar refractivity (Wildman–Crippen MR) is 111 cm³/mol. The second-order valence-electron chi connectivity index (χ2n) is 6.72. The maximum atomic E-state index is 12.7. The second kappa shape index (κ2) is 9.71. The summed E-state index contributed by atoms with van der Waals surface area (Å²) in [5.41, 5.74) is -0.399. The summed E-state index contributed by atoms with van der Waals surface area (Å²) >= 11 is 5.84. The molecule has 0 N–H and O–H groups in total. The number of benzene rings is 2.